The first-order valence-electron chi connectivity index (χ1n) is 7.02. The number of hydrogen-bond donors (Lipinski definition) is 2. The summed E-state index contributed by atoms with van der Waals surface area (Å²) in [6, 6.07) is 5.54. The van der Waals surface area contributed by atoms with Crippen LogP contribution in [0.2, 0.25) is 0 Å². The van der Waals surface area contributed by atoms with Crippen LogP contribution < -0.4 is 15.8 Å². The van der Waals surface area contributed by atoms with Crippen LogP contribution in [0.25, 0.3) is 0 Å². The summed E-state index contributed by atoms with van der Waals surface area (Å²) >= 11 is 1.82. The Morgan fingerprint density at radius 1 is 1.50 bits per heavy atom. The molecule has 1 aromatic rings. The number of anilines is 1. The van der Waals surface area contributed by atoms with E-state index in [1.165, 1.54) is 12.8 Å². The molecular weight excluding hydrogens is 272 g/mol. The molecule has 1 aliphatic rings. The predicted molar refractivity (Wildman–Crippen MR) is 84.4 cm³/mol. The van der Waals surface area contributed by atoms with Gasteiger partial charge in [0.2, 0.25) is 0 Å². The van der Waals surface area contributed by atoms with Crippen molar-refractivity contribution in [1.82, 2.24) is 5.32 Å². The van der Waals surface area contributed by atoms with Crippen molar-refractivity contribution in [3.63, 3.8) is 0 Å². The summed E-state index contributed by atoms with van der Waals surface area (Å²) in [5.74, 6) is 0.401. The summed E-state index contributed by atoms with van der Waals surface area (Å²) in [7, 11) is 0. The zero-order valence-corrected chi connectivity index (χ0v) is 12.8. The molecule has 110 valence electrons. The standard InChI is InChI=1S/C15H22N2O2S/c1-3-19-14-10(6-4-7-11(14)16)15(18)17-12-8-5-9-13(12)20-2/h4,6-7,12-13H,3,5,8-9,16H2,1-2H3,(H,17,18). The fraction of sp³-hybridized carbons (Fsp3) is 0.533. The van der Waals surface area contributed by atoms with Crippen LogP contribution in [0.5, 0.6) is 5.75 Å². The highest BCUT2D eigenvalue weighted by Crippen LogP contribution is 2.30. The number of nitrogens with two attached hydrogens (primary N) is 1. The third kappa shape index (κ3) is 3.20. The molecule has 1 saturated carbocycles. The Balaban J connectivity index is 2.15. The van der Waals surface area contributed by atoms with E-state index < -0.39 is 0 Å². The Labute approximate surface area is 124 Å². The lowest BCUT2D eigenvalue weighted by Crippen LogP contribution is -2.38. The summed E-state index contributed by atoms with van der Waals surface area (Å²) in [5, 5.41) is 3.64. The van der Waals surface area contributed by atoms with Crippen LogP contribution in [0.3, 0.4) is 0 Å². The van der Waals surface area contributed by atoms with Crippen molar-refractivity contribution >= 4 is 23.4 Å². The van der Waals surface area contributed by atoms with E-state index in [9.17, 15) is 4.79 Å². The van der Waals surface area contributed by atoms with Crippen LogP contribution in [0.1, 0.15) is 36.5 Å². The Morgan fingerprint density at radius 2 is 2.30 bits per heavy atom. The van der Waals surface area contributed by atoms with Crippen molar-refractivity contribution in [2.75, 3.05) is 18.6 Å². The van der Waals surface area contributed by atoms with E-state index in [2.05, 4.69) is 11.6 Å². The summed E-state index contributed by atoms with van der Waals surface area (Å²) in [4.78, 5) is 12.5. The third-order valence-electron chi connectivity index (χ3n) is 3.65. The Morgan fingerprint density at radius 3 is 3.00 bits per heavy atom. The maximum Gasteiger partial charge on any atom is 0.255 e. The number of thioether (sulfide) groups is 1. The highest BCUT2D eigenvalue weighted by Gasteiger charge is 2.28. The van der Waals surface area contributed by atoms with E-state index in [0.717, 1.165) is 6.42 Å². The van der Waals surface area contributed by atoms with Crippen LogP contribution in [0.15, 0.2) is 18.2 Å². The smallest absolute Gasteiger partial charge is 0.255 e. The van der Waals surface area contributed by atoms with Crippen molar-refractivity contribution in [3.05, 3.63) is 23.8 Å². The Hall–Kier alpha value is -1.36. The zero-order valence-electron chi connectivity index (χ0n) is 12.0. The number of para-hydroxylation sites is 1. The van der Waals surface area contributed by atoms with E-state index >= 15 is 0 Å². The minimum absolute atomic E-state index is 0.0910. The molecule has 1 aliphatic carbocycles. The number of ether oxygens (including phenoxy) is 1. The molecule has 0 bridgehead atoms. The van der Waals surface area contributed by atoms with Crippen molar-refractivity contribution in [2.24, 2.45) is 0 Å². The lowest BCUT2D eigenvalue weighted by molar-refractivity contribution is 0.0935. The lowest BCUT2D eigenvalue weighted by Gasteiger charge is -2.20. The van der Waals surface area contributed by atoms with Gasteiger partial charge < -0.3 is 15.8 Å². The van der Waals surface area contributed by atoms with E-state index in [-0.39, 0.29) is 11.9 Å². The number of amides is 1. The van der Waals surface area contributed by atoms with Crippen molar-refractivity contribution in [3.8, 4) is 5.75 Å². The number of carbonyl (C=O) groups excluding carboxylic acids is 1. The average molecular weight is 294 g/mol. The molecule has 1 aromatic carbocycles. The average Bonchev–Trinajstić information content (AvgIpc) is 2.88. The van der Waals surface area contributed by atoms with E-state index in [1.807, 2.05) is 18.7 Å². The van der Waals surface area contributed by atoms with Crippen molar-refractivity contribution in [1.29, 1.82) is 0 Å². The van der Waals surface area contributed by atoms with Crippen molar-refractivity contribution in [2.45, 2.75) is 37.5 Å². The van der Waals surface area contributed by atoms with Crippen molar-refractivity contribution < 1.29 is 9.53 Å². The first-order valence-corrected chi connectivity index (χ1v) is 8.31. The molecule has 1 fully saturated rings. The molecule has 0 heterocycles. The molecule has 2 rings (SSSR count). The number of benzene rings is 1. The molecule has 2 unspecified atom stereocenters. The molecule has 0 spiro atoms. The molecule has 5 heteroatoms. The minimum atomic E-state index is -0.0910. The number of carbonyl (C=O) groups is 1. The van der Waals surface area contributed by atoms with Crippen LogP contribution in [0, 0.1) is 0 Å². The highest BCUT2D eigenvalue weighted by atomic mass is 32.2. The minimum Gasteiger partial charge on any atom is -0.491 e. The fourth-order valence-corrected chi connectivity index (χ4v) is 3.59. The van der Waals surface area contributed by atoms with Gasteiger partial charge in [-0.2, -0.15) is 11.8 Å². The van der Waals surface area contributed by atoms with E-state index in [0.29, 0.717) is 28.9 Å². The zero-order chi connectivity index (χ0) is 14.5. The van der Waals surface area contributed by atoms with Gasteiger partial charge in [-0.25, -0.2) is 0 Å². The molecule has 0 aromatic heterocycles. The van der Waals surface area contributed by atoms with Crippen LogP contribution in [-0.4, -0.2) is 30.1 Å². The third-order valence-corrected chi connectivity index (χ3v) is 4.82. The normalized spacial score (nSPS) is 21.7. The molecule has 0 radical (unpaired) electrons. The van der Waals surface area contributed by atoms with Gasteiger partial charge in [0.15, 0.2) is 5.75 Å². The lowest BCUT2D eigenvalue weighted by atomic mass is 10.1. The molecule has 0 saturated heterocycles. The van der Waals surface area contributed by atoms with Crippen LogP contribution >= 0.6 is 11.8 Å². The van der Waals surface area contributed by atoms with Gasteiger partial charge in [-0.3, -0.25) is 4.79 Å². The van der Waals surface area contributed by atoms with E-state index in [1.54, 1.807) is 18.2 Å². The number of nitrogens with one attached hydrogen (secondary N) is 1. The Kier molecular flexibility index (Phi) is 5.17. The second-order valence-corrected chi connectivity index (χ2v) is 6.02. The van der Waals surface area contributed by atoms with Crippen LogP contribution in [0.4, 0.5) is 5.69 Å². The first-order chi connectivity index (χ1) is 9.67. The summed E-state index contributed by atoms with van der Waals surface area (Å²) in [6.45, 7) is 2.38. The fourth-order valence-electron chi connectivity index (χ4n) is 2.66. The van der Waals surface area contributed by atoms with E-state index in [4.69, 9.17) is 10.5 Å². The topological polar surface area (TPSA) is 64.3 Å². The second-order valence-electron chi connectivity index (χ2n) is 4.94. The van der Waals surface area contributed by atoms with Gasteiger partial charge in [-0.05, 0) is 38.2 Å². The van der Waals surface area contributed by atoms with Gasteiger partial charge in [0, 0.05) is 11.3 Å². The molecule has 2 atom stereocenters. The quantitative estimate of drug-likeness (QED) is 0.820. The summed E-state index contributed by atoms with van der Waals surface area (Å²) in [6.07, 6.45) is 5.48. The van der Waals surface area contributed by atoms with Gasteiger partial charge in [0.1, 0.15) is 0 Å². The van der Waals surface area contributed by atoms with Gasteiger partial charge >= 0.3 is 0 Å². The Bertz CT molecular complexity index is 479. The number of rotatable bonds is 5. The maximum atomic E-state index is 12.5. The van der Waals surface area contributed by atoms with Gasteiger partial charge in [0.25, 0.3) is 5.91 Å². The van der Waals surface area contributed by atoms with Crippen LogP contribution in [-0.2, 0) is 0 Å². The molecule has 4 nitrogen and oxygen atoms in total. The molecule has 3 N–H and O–H groups in total. The molecular formula is C15H22N2O2S. The number of hydrogen-bond acceptors (Lipinski definition) is 4. The monoisotopic (exact) mass is 294 g/mol. The highest BCUT2D eigenvalue weighted by molar-refractivity contribution is 7.99. The predicted octanol–water partition coefficient (Wildman–Crippen LogP) is 2.68. The maximum absolute atomic E-state index is 12.5. The second kappa shape index (κ2) is 6.88. The molecule has 20 heavy (non-hydrogen) atoms. The number of nitrogen functional groups attached to an aromatic ring is 1. The molecule has 1 amide bonds. The SMILES string of the molecule is CCOc1c(N)cccc1C(=O)NC1CCCC1SC. The molecule has 0 aliphatic heterocycles. The van der Waals surface area contributed by atoms with Gasteiger partial charge in [0.05, 0.1) is 17.9 Å². The van der Waals surface area contributed by atoms with Gasteiger partial charge in [-0.1, -0.05) is 12.5 Å². The largest absolute Gasteiger partial charge is 0.491 e. The summed E-state index contributed by atoms with van der Waals surface area (Å²) < 4.78 is 5.52. The first kappa shape index (κ1) is 15.0. The van der Waals surface area contributed by atoms with Gasteiger partial charge in [-0.15, -0.1) is 0 Å². The summed E-state index contributed by atoms with van der Waals surface area (Å²) in [5.41, 5.74) is 6.93.